The van der Waals surface area contributed by atoms with Crippen molar-refractivity contribution < 1.29 is 24.2 Å². The molecule has 1 heterocycles. The highest BCUT2D eigenvalue weighted by molar-refractivity contribution is 5.81. The first-order valence-corrected chi connectivity index (χ1v) is 9.66. The number of hydrogen-bond acceptors (Lipinski definition) is 4. The fraction of sp³-hybridized carbons (Fsp3) is 0.842. The number of aliphatic carboxylic acids is 1. The highest BCUT2D eigenvalue weighted by Gasteiger charge is 2.31. The maximum absolute atomic E-state index is 12.9. The van der Waals surface area contributed by atoms with Gasteiger partial charge in [0.1, 0.15) is 0 Å². The molecule has 1 atom stereocenters. The lowest BCUT2D eigenvalue weighted by atomic mass is 9.94. The molecule has 150 valence electrons. The Hall–Kier alpha value is -1.63. The van der Waals surface area contributed by atoms with E-state index in [1.54, 1.807) is 11.8 Å². The normalized spacial score (nSPS) is 16.6. The Morgan fingerprint density at radius 3 is 2.31 bits per heavy atom. The van der Waals surface area contributed by atoms with Gasteiger partial charge in [-0.25, -0.2) is 0 Å². The predicted molar refractivity (Wildman–Crippen MR) is 98.6 cm³/mol. The summed E-state index contributed by atoms with van der Waals surface area (Å²) in [4.78, 5) is 39.7. The van der Waals surface area contributed by atoms with E-state index in [1.807, 2.05) is 25.7 Å². The summed E-state index contributed by atoms with van der Waals surface area (Å²) in [5.74, 6) is -1.54. The zero-order chi connectivity index (χ0) is 19.7. The van der Waals surface area contributed by atoms with Gasteiger partial charge < -0.3 is 19.6 Å². The Morgan fingerprint density at radius 1 is 1.19 bits per heavy atom. The summed E-state index contributed by atoms with van der Waals surface area (Å²) >= 11 is 0. The van der Waals surface area contributed by atoms with Crippen LogP contribution in [0.5, 0.6) is 0 Å². The number of hydrogen-bond donors (Lipinski definition) is 1. The summed E-state index contributed by atoms with van der Waals surface area (Å²) in [7, 11) is 0. The van der Waals surface area contributed by atoms with Crippen LogP contribution >= 0.6 is 0 Å². The van der Waals surface area contributed by atoms with Gasteiger partial charge in [-0.3, -0.25) is 14.4 Å². The lowest BCUT2D eigenvalue weighted by molar-refractivity contribution is -0.146. The van der Waals surface area contributed by atoms with Crippen molar-refractivity contribution in [3.63, 3.8) is 0 Å². The Labute approximate surface area is 156 Å². The van der Waals surface area contributed by atoms with Crippen molar-refractivity contribution in [3.8, 4) is 0 Å². The molecule has 1 fully saturated rings. The second-order valence-corrected chi connectivity index (χ2v) is 7.33. The van der Waals surface area contributed by atoms with E-state index < -0.39 is 11.9 Å². The van der Waals surface area contributed by atoms with Crippen molar-refractivity contribution in [2.24, 2.45) is 17.8 Å². The molecular weight excluding hydrogens is 336 g/mol. The average Bonchev–Trinajstić information content (AvgIpc) is 2.62. The third kappa shape index (κ3) is 6.94. The Kier molecular flexibility index (Phi) is 9.62. The zero-order valence-electron chi connectivity index (χ0n) is 16.6. The van der Waals surface area contributed by atoms with E-state index in [-0.39, 0.29) is 30.2 Å². The van der Waals surface area contributed by atoms with Crippen molar-refractivity contribution in [3.05, 3.63) is 0 Å². The maximum atomic E-state index is 12.9. The van der Waals surface area contributed by atoms with Gasteiger partial charge in [0.05, 0.1) is 5.92 Å². The smallest absolute Gasteiger partial charge is 0.308 e. The lowest BCUT2D eigenvalue weighted by Crippen LogP contribution is -2.47. The summed E-state index contributed by atoms with van der Waals surface area (Å²) < 4.78 is 5.33. The summed E-state index contributed by atoms with van der Waals surface area (Å²) in [6.07, 6.45) is 1.97. The van der Waals surface area contributed by atoms with Crippen LogP contribution in [0.25, 0.3) is 0 Å². The Balaban J connectivity index is 2.63. The van der Waals surface area contributed by atoms with E-state index in [1.165, 1.54) is 0 Å². The number of amides is 2. The molecule has 1 aliphatic heterocycles. The van der Waals surface area contributed by atoms with Crippen LogP contribution in [0.15, 0.2) is 0 Å². The average molecular weight is 370 g/mol. The molecule has 0 radical (unpaired) electrons. The van der Waals surface area contributed by atoms with Crippen LogP contribution in [0, 0.1) is 17.8 Å². The topological polar surface area (TPSA) is 87.2 Å². The second kappa shape index (κ2) is 11.2. The van der Waals surface area contributed by atoms with Crippen LogP contribution in [0.3, 0.4) is 0 Å². The number of piperidine rings is 1. The lowest BCUT2D eigenvalue weighted by Gasteiger charge is -2.35. The molecule has 0 aromatic rings. The van der Waals surface area contributed by atoms with Crippen LogP contribution < -0.4 is 0 Å². The molecule has 7 heteroatoms. The quantitative estimate of drug-likeness (QED) is 0.593. The molecule has 0 bridgehead atoms. The number of carboxylic acid groups (broad SMARTS) is 1. The van der Waals surface area contributed by atoms with Gasteiger partial charge in [-0.15, -0.1) is 0 Å². The largest absolute Gasteiger partial charge is 0.481 e. The fourth-order valence-corrected chi connectivity index (χ4v) is 3.17. The third-order valence-corrected chi connectivity index (χ3v) is 4.80. The summed E-state index contributed by atoms with van der Waals surface area (Å²) in [6.45, 7) is 10.4. The molecule has 1 N–H and O–H groups in total. The van der Waals surface area contributed by atoms with Crippen molar-refractivity contribution >= 4 is 17.8 Å². The molecule has 1 rings (SSSR count). The fourth-order valence-electron chi connectivity index (χ4n) is 3.17. The number of nitrogens with zero attached hydrogens (tertiary/aromatic N) is 2. The Bertz CT molecular complexity index is 473. The first-order valence-electron chi connectivity index (χ1n) is 9.66. The number of rotatable bonds is 10. The maximum Gasteiger partial charge on any atom is 0.308 e. The van der Waals surface area contributed by atoms with Gasteiger partial charge in [-0.2, -0.15) is 0 Å². The van der Waals surface area contributed by atoms with Gasteiger partial charge in [0, 0.05) is 51.2 Å². The molecule has 1 unspecified atom stereocenters. The van der Waals surface area contributed by atoms with Crippen LogP contribution in [-0.4, -0.2) is 72.1 Å². The molecule has 1 aliphatic rings. The van der Waals surface area contributed by atoms with Crippen LogP contribution in [-0.2, 0) is 19.1 Å². The molecule has 0 aromatic heterocycles. The number of ether oxygens (including phenoxy) is 1. The molecular formula is C19H34N2O5. The van der Waals surface area contributed by atoms with Crippen molar-refractivity contribution in [2.45, 2.75) is 47.0 Å². The van der Waals surface area contributed by atoms with Crippen LogP contribution in [0.2, 0.25) is 0 Å². The first kappa shape index (κ1) is 22.4. The first-order chi connectivity index (χ1) is 12.3. The molecule has 0 saturated carbocycles. The predicted octanol–water partition coefficient (Wildman–Crippen LogP) is 1.86. The van der Waals surface area contributed by atoms with Crippen molar-refractivity contribution in [1.82, 2.24) is 9.80 Å². The van der Waals surface area contributed by atoms with Gasteiger partial charge in [-0.05, 0) is 26.2 Å². The third-order valence-electron chi connectivity index (χ3n) is 4.80. The van der Waals surface area contributed by atoms with Crippen molar-refractivity contribution in [1.29, 1.82) is 0 Å². The molecule has 1 saturated heterocycles. The summed E-state index contributed by atoms with van der Waals surface area (Å²) in [6, 6.07) is 0. The zero-order valence-corrected chi connectivity index (χ0v) is 16.6. The molecule has 0 aliphatic carbocycles. The molecule has 2 amide bonds. The van der Waals surface area contributed by atoms with Gasteiger partial charge in [-0.1, -0.05) is 20.8 Å². The van der Waals surface area contributed by atoms with E-state index in [4.69, 9.17) is 4.74 Å². The minimum Gasteiger partial charge on any atom is -0.481 e. The number of carbonyl (C=O) groups excluding carboxylic acids is 2. The van der Waals surface area contributed by atoms with Gasteiger partial charge in [0.2, 0.25) is 11.8 Å². The molecule has 7 nitrogen and oxygen atoms in total. The minimum absolute atomic E-state index is 0.00578. The molecule has 0 spiro atoms. The second-order valence-electron chi connectivity index (χ2n) is 7.33. The van der Waals surface area contributed by atoms with E-state index in [2.05, 4.69) is 0 Å². The summed E-state index contributed by atoms with van der Waals surface area (Å²) in [5, 5.41) is 9.17. The SMILES string of the molecule is CCOCCCN(CC(C)C(=O)O)C(=O)C1CCN(C(=O)C(C)C)CC1. The molecule has 0 aromatic carbocycles. The molecule has 26 heavy (non-hydrogen) atoms. The van der Waals surface area contributed by atoms with Gasteiger partial charge in [0.15, 0.2) is 0 Å². The van der Waals surface area contributed by atoms with Crippen LogP contribution in [0.4, 0.5) is 0 Å². The Morgan fingerprint density at radius 2 is 1.81 bits per heavy atom. The van der Waals surface area contributed by atoms with E-state index in [0.717, 1.165) is 0 Å². The number of likely N-dealkylation sites (tertiary alicyclic amines) is 1. The van der Waals surface area contributed by atoms with Gasteiger partial charge in [0.25, 0.3) is 0 Å². The summed E-state index contributed by atoms with van der Waals surface area (Å²) in [5.41, 5.74) is 0. The number of carbonyl (C=O) groups is 3. The van der Waals surface area contributed by atoms with E-state index in [9.17, 15) is 19.5 Å². The standard InChI is InChI=1S/C19H34N2O5/c1-5-26-12-6-9-21(13-15(4)19(24)25)18(23)16-7-10-20(11-8-16)17(22)14(2)3/h14-16H,5-13H2,1-4H3,(H,24,25). The highest BCUT2D eigenvalue weighted by atomic mass is 16.5. The minimum atomic E-state index is -0.898. The van der Waals surface area contributed by atoms with Crippen molar-refractivity contribution in [2.75, 3.05) is 39.4 Å². The highest BCUT2D eigenvalue weighted by Crippen LogP contribution is 2.22. The van der Waals surface area contributed by atoms with Crippen LogP contribution in [0.1, 0.15) is 47.0 Å². The number of carboxylic acids is 1. The monoisotopic (exact) mass is 370 g/mol. The van der Waals surface area contributed by atoms with Gasteiger partial charge >= 0.3 is 5.97 Å². The van der Waals surface area contributed by atoms with E-state index >= 15 is 0 Å². The van der Waals surface area contributed by atoms with E-state index in [0.29, 0.717) is 52.1 Å².